The van der Waals surface area contributed by atoms with Crippen molar-refractivity contribution in [3.8, 4) is 0 Å². The molecule has 3 rings (SSSR count). The lowest BCUT2D eigenvalue weighted by Crippen LogP contribution is -2.43. The molecule has 0 radical (unpaired) electrons. The van der Waals surface area contributed by atoms with E-state index < -0.39 is 0 Å². The average molecular weight is 327 g/mol. The molecule has 0 spiro atoms. The van der Waals surface area contributed by atoms with E-state index in [1.165, 1.54) is 12.8 Å². The largest absolute Gasteiger partial charge is 0.444 e. The van der Waals surface area contributed by atoms with E-state index in [0.717, 1.165) is 38.4 Å². The van der Waals surface area contributed by atoms with Crippen LogP contribution in [0.3, 0.4) is 0 Å². The molecular weight excluding hydrogens is 308 g/mol. The van der Waals surface area contributed by atoms with Gasteiger partial charge in [-0.1, -0.05) is 0 Å². The molecule has 3 heterocycles. The summed E-state index contributed by atoms with van der Waals surface area (Å²) in [5.74, 6) is 1.18. The number of piperidine rings is 1. The van der Waals surface area contributed by atoms with Crippen LogP contribution in [0, 0.1) is 5.92 Å². The van der Waals surface area contributed by atoms with Crippen molar-refractivity contribution in [2.24, 2.45) is 5.92 Å². The van der Waals surface area contributed by atoms with Crippen LogP contribution >= 0.6 is 15.9 Å². The molecule has 1 N–H and O–H groups in total. The first-order valence-corrected chi connectivity index (χ1v) is 7.81. The van der Waals surface area contributed by atoms with Gasteiger partial charge in [-0.25, -0.2) is 0 Å². The lowest BCUT2D eigenvalue weighted by molar-refractivity contribution is 0.0641. The summed E-state index contributed by atoms with van der Waals surface area (Å²) in [7, 11) is 0. The number of hydrogen-bond donors (Lipinski definition) is 1. The molecule has 1 aromatic heterocycles. The third-order valence-corrected chi connectivity index (χ3v) is 4.70. The van der Waals surface area contributed by atoms with E-state index in [0.29, 0.717) is 16.5 Å². The highest BCUT2D eigenvalue weighted by Crippen LogP contribution is 2.26. The Labute approximate surface area is 121 Å². The normalized spacial score (nSPS) is 24.9. The minimum Gasteiger partial charge on any atom is -0.444 e. The first kappa shape index (κ1) is 13.2. The van der Waals surface area contributed by atoms with Crippen molar-refractivity contribution in [2.75, 3.05) is 19.6 Å². The van der Waals surface area contributed by atoms with Crippen molar-refractivity contribution in [1.29, 1.82) is 0 Å². The molecular formula is C14H19BrN2O2. The number of carbonyl (C=O) groups excluding carboxylic acids is 1. The fraction of sp³-hybridized carbons (Fsp3) is 0.643. The summed E-state index contributed by atoms with van der Waals surface area (Å²) in [5, 5.41) is 3.58. The Morgan fingerprint density at radius 1 is 1.32 bits per heavy atom. The standard InChI is InChI=1S/C14H19BrN2O2/c15-13-4-3-12(19-13)14(18)17-8-5-10(6-9-17)11-2-1-7-16-11/h3-4,10-11,16H,1-2,5-9H2. The van der Waals surface area contributed by atoms with Crippen molar-refractivity contribution in [1.82, 2.24) is 10.2 Å². The summed E-state index contributed by atoms with van der Waals surface area (Å²) in [4.78, 5) is 14.2. The number of rotatable bonds is 2. The number of furan rings is 1. The van der Waals surface area contributed by atoms with Gasteiger partial charge in [-0.15, -0.1) is 0 Å². The number of likely N-dealkylation sites (tertiary alicyclic amines) is 1. The minimum atomic E-state index is 0.0172. The van der Waals surface area contributed by atoms with Gasteiger partial charge >= 0.3 is 0 Å². The molecule has 0 aliphatic carbocycles. The van der Waals surface area contributed by atoms with Gasteiger partial charge in [0.1, 0.15) is 0 Å². The van der Waals surface area contributed by atoms with E-state index in [2.05, 4.69) is 21.2 Å². The molecule has 0 bridgehead atoms. The van der Waals surface area contributed by atoms with Gasteiger partial charge in [-0.3, -0.25) is 4.79 Å². The van der Waals surface area contributed by atoms with Crippen molar-refractivity contribution >= 4 is 21.8 Å². The Bertz CT molecular complexity index is 446. The second-order valence-electron chi connectivity index (χ2n) is 5.44. The molecule has 5 heteroatoms. The molecule has 1 aromatic rings. The maximum absolute atomic E-state index is 12.2. The Hall–Kier alpha value is -0.810. The van der Waals surface area contributed by atoms with Crippen molar-refractivity contribution in [2.45, 2.75) is 31.7 Å². The fourth-order valence-corrected chi connectivity index (χ4v) is 3.51. The topological polar surface area (TPSA) is 45.5 Å². The van der Waals surface area contributed by atoms with Crippen LogP contribution in [0.25, 0.3) is 0 Å². The molecule has 1 amide bonds. The van der Waals surface area contributed by atoms with Gasteiger partial charge in [0.25, 0.3) is 5.91 Å². The molecule has 0 aromatic carbocycles. The van der Waals surface area contributed by atoms with E-state index in [1.54, 1.807) is 12.1 Å². The predicted molar refractivity (Wildman–Crippen MR) is 76.1 cm³/mol. The molecule has 1 unspecified atom stereocenters. The van der Waals surface area contributed by atoms with E-state index >= 15 is 0 Å². The maximum Gasteiger partial charge on any atom is 0.289 e. The lowest BCUT2D eigenvalue weighted by Gasteiger charge is -2.34. The van der Waals surface area contributed by atoms with Crippen molar-refractivity contribution in [3.63, 3.8) is 0 Å². The van der Waals surface area contributed by atoms with E-state index in [4.69, 9.17) is 4.42 Å². The Morgan fingerprint density at radius 2 is 2.11 bits per heavy atom. The Morgan fingerprint density at radius 3 is 2.68 bits per heavy atom. The minimum absolute atomic E-state index is 0.0172. The number of halogens is 1. The summed E-state index contributed by atoms with van der Waals surface area (Å²) < 4.78 is 5.95. The number of nitrogens with zero attached hydrogens (tertiary/aromatic N) is 1. The van der Waals surface area contributed by atoms with Crippen LogP contribution in [0.1, 0.15) is 36.2 Å². The van der Waals surface area contributed by atoms with Gasteiger partial charge in [-0.2, -0.15) is 0 Å². The second kappa shape index (κ2) is 5.67. The van der Waals surface area contributed by atoms with Crippen LogP contribution in [0.2, 0.25) is 0 Å². The van der Waals surface area contributed by atoms with Gasteiger partial charge in [0.05, 0.1) is 0 Å². The van der Waals surface area contributed by atoms with Crippen molar-refractivity contribution in [3.05, 3.63) is 22.6 Å². The molecule has 2 aliphatic heterocycles. The molecule has 2 aliphatic rings. The summed E-state index contributed by atoms with van der Waals surface area (Å²) in [6.07, 6.45) is 4.80. The van der Waals surface area contributed by atoms with E-state index in [9.17, 15) is 4.79 Å². The van der Waals surface area contributed by atoms with E-state index in [1.807, 2.05) is 4.90 Å². The zero-order chi connectivity index (χ0) is 13.2. The first-order chi connectivity index (χ1) is 9.24. The van der Waals surface area contributed by atoms with Crippen LogP contribution in [-0.4, -0.2) is 36.5 Å². The SMILES string of the molecule is O=C(c1ccc(Br)o1)N1CCC(C2CCCN2)CC1. The Kier molecular flexibility index (Phi) is 3.93. The zero-order valence-electron chi connectivity index (χ0n) is 10.9. The molecule has 2 fully saturated rings. The van der Waals surface area contributed by atoms with Crippen LogP contribution < -0.4 is 5.32 Å². The monoisotopic (exact) mass is 326 g/mol. The summed E-state index contributed by atoms with van der Waals surface area (Å²) >= 11 is 3.23. The van der Waals surface area contributed by atoms with Gasteiger partial charge < -0.3 is 14.6 Å². The highest BCUT2D eigenvalue weighted by atomic mass is 79.9. The van der Waals surface area contributed by atoms with Crippen LogP contribution in [0.4, 0.5) is 0 Å². The maximum atomic E-state index is 12.2. The molecule has 0 saturated carbocycles. The highest BCUT2D eigenvalue weighted by molar-refractivity contribution is 9.10. The van der Waals surface area contributed by atoms with E-state index in [-0.39, 0.29) is 5.91 Å². The van der Waals surface area contributed by atoms with Gasteiger partial charge in [0, 0.05) is 19.1 Å². The quantitative estimate of drug-likeness (QED) is 0.908. The summed E-state index contributed by atoms with van der Waals surface area (Å²) in [5.41, 5.74) is 0. The predicted octanol–water partition coefficient (Wildman–Crippen LogP) is 2.65. The summed E-state index contributed by atoms with van der Waals surface area (Å²) in [6.45, 7) is 2.85. The third-order valence-electron chi connectivity index (χ3n) is 4.28. The van der Waals surface area contributed by atoms with Crippen LogP contribution in [0.5, 0.6) is 0 Å². The summed E-state index contributed by atoms with van der Waals surface area (Å²) in [6, 6.07) is 4.18. The fourth-order valence-electron chi connectivity index (χ4n) is 3.20. The lowest BCUT2D eigenvalue weighted by atomic mass is 9.88. The average Bonchev–Trinajstić information content (AvgIpc) is 3.09. The zero-order valence-corrected chi connectivity index (χ0v) is 12.5. The smallest absolute Gasteiger partial charge is 0.289 e. The van der Waals surface area contributed by atoms with Gasteiger partial charge in [0.2, 0.25) is 0 Å². The van der Waals surface area contributed by atoms with Gasteiger partial charge in [-0.05, 0) is 66.2 Å². The van der Waals surface area contributed by atoms with Crippen molar-refractivity contribution < 1.29 is 9.21 Å². The molecule has 2 saturated heterocycles. The van der Waals surface area contributed by atoms with Crippen LogP contribution in [0.15, 0.2) is 21.2 Å². The molecule has 104 valence electrons. The number of nitrogens with one attached hydrogen (secondary N) is 1. The number of amides is 1. The molecule has 4 nitrogen and oxygen atoms in total. The second-order valence-corrected chi connectivity index (χ2v) is 6.22. The number of carbonyl (C=O) groups is 1. The number of hydrogen-bond acceptors (Lipinski definition) is 3. The first-order valence-electron chi connectivity index (χ1n) is 7.02. The third kappa shape index (κ3) is 2.87. The van der Waals surface area contributed by atoms with Gasteiger partial charge in [0.15, 0.2) is 10.4 Å². The highest BCUT2D eigenvalue weighted by Gasteiger charge is 2.30. The van der Waals surface area contributed by atoms with Crippen LogP contribution in [-0.2, 0) is 0 Å². The molecule has 1 atom stereocenters. The Balaban J connectivity index is 1.56. The molecule has 19 heavy (non-hydrogen) atoms.